The number of alkyl halides is 3. The third-order valence-electron chi connectivity index (χ3n) is 4.95. The molecule has 7 nitrogen and oxygen atoms in total. The van der Waals surface area contributed by atoms with Crippen molar-refractivity contribution in [1.82, 2.24) is 15.0 Å². The summed E-state index contributed by atoms with van der Waals surface area (Å²) in [6.45, 7) is 4.27. The number of hydrogen-bond acceptors (Lipinski definition) is 5. The summed E-state index contributed by atoms with van der Waals surface area (Å²) in [5.74, 6) is -0.365. The zero-order valence-corrected chi connectivity index (χ0v) is 18.2. The van der Waals surface area contributed by atoms with Gasteiger partial charge in [-0.05, 0) is 61.4 Å². The maximum Gasteiger partial charge on any atom is 0.416 e. The van der Waals surface area contributed by atoms with E-state index in [1.807, 2.05) is 19.1 Å². The number of carboxylic acids is 1. The van der Waals surface area contributed by atoms with Gasteiger partial charge in [0.25, 0.3) is 0 Å². The Morgan fingerprint density at radius 3 is 2.52 bits per heavy atom. The average Bonchev–Trinajstić information content (AvgIpc) is 3.23. The predicted molar refractivity (Wildman–Crippen MR) is 113 cm³/mol. The van der Waals surface area contributed by atoms with Crippen LogP contribution in [0.15, 0.2) is 48.7 Å². The lowest BCUT2D eigenvalue weighted by Gasteiger charge is -2.15. The van der Waals surface area contributed by atoms with E-state index >= 15 is 0 Å². The number of carboxylic acid groups (broad SMARTS) is 1. The summed E-state index contributed by atoms with van der Waals surface area (Å²) >= 11 is 0. The lowest BCUT2D eigenvalue weighted by Crippen LogP contribution is -2.26. The molecule has 0 bridgehead atoms. The monoisotopic (exact) mass is 463 g/mol. The van der Waals surface area contributed by atoms with Crippen LogP contribution >= 0.6 is 0 Å². The number of hydrogen-bond donors (Lipinski definition) is 1. The number of carbonyl (C=O) groups is 1. The molecule has 0 spiro atoms. The fourth-order valence-electron chi connectivity index (χ4n) is 3.20. The van der Waals surface area contributed by atoms with Crippen LogP contribution in [0.2, 0.25) is 0 Å². The molecule has 3 aromatic rings. The van der Waals surface area contributed by atoms with Crippen LogP contribution in [0.4, 0.5) is 13.2 Å². The van der Waals surface area contributed by atoms with E-state index in [1.165, 1.54) is 23.1 Å². The molecule has 0 amide bonds. The highest BCUT2D eigenvalue weighted by molar-refractivity contribution is 5.72. The van der Waals surface area contributed by atoms with E-state index < -0.39 is 23.8 Å². The SMILES string of the molecule is CCOC(Cc1ccc(OCCc2cnn(-c3ccc(C(F)(F)F)cc3)n2)cc1C)C(=O)O. The number of halogens is 3. The van der Waals surface area contributed by atoms with E-state index in [1.54, 1.807) is 13.0 Å². The van der Waals surface area contributed by atoms with Crippen molar-refractivity contribution in [2.24, 2.45) is 0 Å². The molecule has 0 aliphatic heterocycles. The molecule has 10 heteroatoms. The van der Waals surface area contributed by atoms with Crippen LogP contribution in [0.5, 0.6) is 5.75 Å². The van der Waals surface area contributed by atoms with Gasteiger partial charge in [0.05, 0.1) is 29.7 Å². The Labute approximate surface area is 188 Å². The summed E-state index contributed by atoms with van der Waals surface area (Å²) in [6, 6.07) is 10.0. The van der Waals surface area contributed by atoms with E-state index in [0.717, 1.165) is 23.3 Å². The van der Waals surface area contributed by atoms with Gasteiger partial charge in [-0.3, -0.25) is 0 Å². The Bertz CT molecular complexity index is 1080. The van der Waals surface area contributed by atoms with Gasteiger partial charge in [0.1, 0.15) is 5.75 Å². The normalized spacial score (nSPS) is 12.5. The van der Waals surface area contributed by atoms with Crippen LogP contribution < -0.4 is 4.74 Å². The highest BCUT2D eigenvalue weighted by Gasteiger charge is 2.30. The first-order chi connectivity index (χ1) is 15.7. The zero-order valence-electron chi connectivity index (χ0n) is 18.2. The van der Waals surface area contributed by atoms with Crippen molar-refractivity contribution in [1.29, 1.82) is 0 Å². The van der Waals surface area contributed by atoms with Gasteiger partial charge < -0.3 is 14.6 Å². The average molecular weight is 463 g/mol. The maximum atomic E-state index is 12.7. The Morgan fingerprint density at radius 2 is 1.91 bits per heavy atom. The van der Waals surface area contributed by atoms with E-state index in [9.17, 15) is 23.1 Å². The number of nitrogens with zero attached hydrogens (tertiary/aromatic N) is 3. The maximum absolute atomic E-state index is 12.7. The van der Waals surface area contributed by atoms with Crippen LogP contribution in [0.1, 0.15) is 29.3 Å². The summed E-state index contributed by atoms with van der Waals surface area (Å²) in [6.07, 6.45) is -3.03. The number of rotatable bonds is 10. The van der Waals surface area contributed by atoms with Crippen LogP contribution in [-0.4, -0.2) is 45.4 Å². The number of aliphatic carboxylic acids is 1. The van der Waals surface area contributed by atoms with Gasteiger partial charge in [-0.15, -0.1) is 0 Å². The van der Waals surface area contributed by atoms with Crippen molar-refractivity contribution in [2.75, 3.05) is 13.2 Å². The molecule has 0 fully saturated rings. The smallest absolute Gasteiger partial charge is 0.416 e. The molecule has 1 aromatic heterocycles. The number of benzene rings is 2. The first kappa shape index (κ1) is 24.2. The Hall–Kier alpha value is -3.40. The summed E-state index contributed by atoms with van der Waals surface area (Å²) in [7, 11) is 0. The van der Waals surface area contributed by atoms with E-state index in [4.69, 9.17) is 9.47 Å². The lowest BCUT2D eigenvalue weighted by atomic mass is 10.0. The minimum Gasteiger partial charge on any atom is -0.493 e. The van der Waals surface area contributed by atoms with Gasteiger partial charge in [0.15, 0.2) is 6.10 Å². The van der Waals surface area contributed by atoms with Crippen LogP contribution in [0.25, 0.3) is 5.69 Å². The van der Waals surface area contributed by atoms with E-state index in [0.29, 0.717) is 36.8 Å². The predicted octanol–water partition coefficient (Wildman–Crippen LogP) is 4.25. The number of aryl methyl sites for hydroxylation is 1. The minimum absolute atomic E-state index is 0.266. The Morgan fingerprint density at radius 1 is 1.18 bits per heavy atom. The van der Waals surface area contributed by atoms with Gasteiger partial charge >= 0.3 is 12.1 Å². The first-order valence-corrected chi connectivity index (χ1v) is 10.3. The fraction of sp³-hybridized carbons (Fsp3) is 0.348. The van der Waals surface area contributed by atoms with Gasteiger partial charge in [-0.1, -0.05) is 6.07 Å². The molecule has 33 heavy (non-hydrogen) atoms. The summed E-state index contributed by atoms with van der Waals surface area (Å²) < 4.78 is 49.1. The topological polar surface area (TPSA) is 86.5 Å². The van der Waals surface area contributed by atoms with Gasteiger partial charge in [0.2, 0.25) is 0 Å². The Kier molecular flexibility index (Phi) is 7.70. The molecular formula is C23H24F3N3O4. The highest BCUT2D eigenvalue weighted by atomic mass is 19.4. The lowest BCUT2D eigenvalue weighted by molar-refractivity contribution is -0.150. The molecule has 1 atom stereocenters. The van der Waals surface area contributed by atoms with Crippen molar-refractivity contribution >= 4 is 5.97 Å². The second-order valence-corrected chi connectivity index (χ2v) is 7.34. The van der Waals surface area contributed by atoms with Crippen LogP contribution in [-0.2, 0) is 28.5 Å². The number of aromatic nitrogens is 3. The molecular weight excluding hydrogens is 439 g/mol. The summed E-state index contributed by atoms with van der Waals surface area (Å²) in [4.78, 5) is 12.6. The summed E-state index contributed by atoms with van der Waals surface area (Å²) in [5, 5.41) is 17.6. The van der Waals surface area contributed by atoms with Crippen LogP contribution in [0, 0.1) is 6.92 Å². The second kappa shape index (κ2) is 10.5. The molecule has 1 unspecified atom stereocenters. The molecule has 3 rings (SSSR count). The summed E-state index contributed by atoms with van der Waals surface area (Å²) in [5.41, 5.74) is 2.08. The van der Waals surface area contributed by atoms with Crippen molar-refractivity contribution < 1.29 is 32.5 Å². The van der Waals surface area contributed by atoms with Gasteiger partial charge in [-0.2, -0.15) is 28.2 Å². The molecule has 0 saturated carbocycles. The second-order valence-electron chi connectivity index (χ2n) is 7.34. The van der Waals surface area contributed by atoms with Crippen molar-refractivity contribution in [3.63, 3.8) is 0 Å². The molecule has 2 aromatic carbocycles. The molecule has 0 saturated heterocycles. The minimum atomic E-state index is -4.39. The largest absolute Gasteiger partial charge is 0.493 e. The molecule has 0 aliphatic rings. The highest BCUT2D eigenvalue weighted by Crippen LogP contribution is 2.29. The van der Waals surface area contributed by atoms with E-state index in [-0.39, 0.29) is 6.42 Å². The standard InChI is InChI=1S/C23H24F3N3O4/c1-3-32-21(22(30)31)13-16-4-9-20(12-15(16)2)33-11-10-18-14-27-29(28-18)19-7-5-17(6-8-19)23(24,25)26/h4-9,12,14,21H,3,10-11,13H2,1-2H3,(H,30,31). The molecule has 176 valence electrons. The van der Waals surface area contributed by atoms with Crippen molar-refractivity contribution in [3.05, 3.63) is 71.0 Å². The third-order valence-corrected chi connectivity index (χ3v) is 4.95. The Balaban J connectivity index is 1.55. The van der Waals surface area contributed by atoms with E-state index in [2.05, 4.69) is 10.2 Å². The third kappa shape index (κ3) is 6.55. The van der Waals surface area contributed by atoms with Crippen LogP contribution in [0.3, 0.4) is 0 Å². The van der Waals surface area contributed by atoms with Gasteiger partial charge in [-0.25, -0.2) is 4.79 Å². The first-order valence-electron chi connectivity index (χ1n) is 10.3. The quantitative estimate of drug-likeness (QED) is 0.484. The fourth-order valence-corrected chi connectivity index (χ4v) is 3.20. The van der Waals surface area contributed by atoms with Crippen molar-refractivity contribution in [2.45, 2.75) is 39.0 Å². The van der Waals surface area contributed by atoms with Gasteiger partial charge in [0, 0.05) is 19.4 Å². The zero-order chi connectivity index (χ0) is 24.0. The molecule has 1 heterocycles. The molecule has 0 radical (unpaired) electrons. The number of ether oxygens (including phenoxy) is 2. The molecule has 1 N–H and O–H groups in total. The van der Waals surface area contributed by atoms with Crippen molar-refractivity contribution in [3.8, 4) is 11.4 Å². The molecule has 0 aliphatic carbocycles.